The molecule has 3 aliphatic rings. The first-order chi connectivity index (χ1) is 17.1. The maximum absolute atomic E-state index is 9.63. The number of aliphatic hydroxyl groups is 1. The predicted molar refractivity (Wildman–Crippen MR) is 139 cm³/mol. The summed E-state index contributed by atoms with van der Waals surface area (Å²) < 4.78 is 6.59. The maximum atomic E-state index is 9.63. The SMILES string of the molecule is COC1CC(CNc2nc(C)c(-c3nc4c(C5CC5)nccc4s3)c(NC3CCC(CO)C3)n2)C1. The first-order valence-corrected chi connectivity index (χ1v) is 13.7. The molecule has 3 N–H and O–H groups in total. The molecule has 186 valence electrons. The van der Waals surface area contributed by atoms with E-state index >= 15 is 0 Å². The molecule has 3 fully saturated rings. The zero-order valence-electron chi connectivity index (χ0n) is 20.5. The Morgan fingerprint density at radius 1 is 1.09 bits per heavy atom. The van der Waals surface area contributed by atoms with E-state index in [1.165, 1.54) is 17.5 Å². The van der Waals surface area contributed by atoms with Crippen molar-refractivity contribution < 1.29 is 9.84 Å². The van der Waals surface area contributed by atoms with Crippen molar-refractivity contribution in [3.8, 4) is 10.6 Å². The zero-order valence-corrected chi connectivity index (χ0v) is 21.3. The highest BCUT2D eigenvalue weighted by atomic mass is 32.1. The van der Waals surface area contributed by atoms with Crippen molar-refractivity contribution in [2.24, 2.45) is 11.8 Å². The van der Waals surface area contributed by atoms with E-state index in [0.717, 1.165) is 71.9 Å². The van der Waals surface area contributed by atoms with Crippen molar-refractivity contribution in [2.75, 3.05) is 30.9 Å². The fourth-order valence-electron chi connectivity index (χ4n) is 5.48. The fourth-order valence-corrected chi connectivity index (χ4v) is 6.55. The average molecular weight is 495 g/mol. The number of anilines is 2. The Hall–Kier alpha value is -2.36. The van der Waals surface area contributed by atoms with Gasteiger partial charge in [0.25, 0.3) is 0 Å². The van der Waals surface area contributed by atoms with Crippen LogP contribution >= 0.6 is 11.3 Å². The van der Waals surface area contributed by atoms with Crippen LogP contribution in [0.5, 0.6) is 0 Å². The number of hydrogen-bond acceptors (Lipinski definition) is 9. The number of pyridine rings is 1. The van der Waals surface area contributed by atoms with Gasteiger partial charge in [-0.05, 0) is 69.8 Å². The van der Waals surface area contributed by atoms with Crippen molar-refractivity contribution in [1.29, 1.82) is 0 Å². The minimum absolute atomic E-state index is 0.249. The summed E-state index contributed by atoms with van der Waals surface area (Å²) in [5.41, 5.74) is 4.06. The number of fused-ring (bicyclic) bond motifs is 1. The van der Waals surface area contributed by atoms with Crippen LogP contribution in [-0.4, -0.2) is 57.4 Å². The highest BCUT2D eigenvalue weighted by Gasteiger charge is 2.31. The lowest BCUT2D eigenvalue weighted by Crippen LogP contribution is -2.35. The van der Waals surface area contributed by atoms with Crippen LogP contribution in [0.1, 0.15) is 62.3 Å². The standard InChI is InChI=1S/C26H34N6O2S/c1-14-21(25-31-23-20(35-25)7-8-27-22(23)17-4-5-17)24(30-18-6-3-15(9-18)13-33)32-26(29-14)28-12-16-10-19(11-16)34-2/h7-8,15-19,33H,3-6,9-13H2,1-2H3,(H2,28,29,30,32). The van der Waals surface area contributed by atoms with E-state index in [1.54, 1.807) is 18.4 Å². The van der Waals surface area contributed by atoms with Gasteiger partial charge in [-0.25, -0.2) is 9.97 Å². The molecule has 0 radical (unpaired) electrons. The summed E-state index contributed by atoms with van der Waals surface area (Å²) >= 11 is 1.70. The monoisotopic (exact) mass is 494 g/mol. The van der Waals surface area contributed by atoms with Crippen molar-refractivity contribution >= 4 is 33.3 Å². The lowest BCUT2D eigenvalue weighted by atomic mass is 9.82. The number of ether oxygens (including phenoxy) is 1. The van der Waals surface area contributed by atoms with Gasteiger partial charge in [-0.2, -0.15) is 4.98 Å². The van der Waals surface area contributed by atoms with Gasteiger partial charge in [0.1, 0.15) is 16.3 Å². The van der Waals surface area contributed by atoms with Crippen molar-refractivity contribution in [3.63, 3.8) is 0 Å². The van der Waals surface area contributed by atoms with Gasteiger partial charge in [-0.3, -0.25) is 4.98 Å². The Labute approximate surface area is 210 Å². The summed E-state index contributed by atoms with van der Waals surface area (Å²) in [6.07, 6.45) is 9.90. The molecule has 8 nitrogen and oxygen atoms in total. The van der Waals surface area contributed by atoms with E-state index in [9.17, 15) is 5.11 Å². The molecule has 0 aromatic carbocycles. The second-order valence-electron chi connectivity index (χ2n) is 10.5. The largest absolute Gasteiger partial charge is 0.396 e. The van der Waals surface area contributed by atoms with Crippen LogP contribution in [0.25, 0.3) is 20.8 Å². The zero-order chi connectivity index (χ0) is 23.9. The van der Waals surface area contributed by atoms with Crippen LogP contribution in [0.3, 0.4) is 0 Å². The molecular weight excluding hydrogens is 460 g/mol. The van der Waals surface area contributed by atoms with Crippen molar-refractivity contribution in [3.05, 3.63) is 23.7 Å². The van der Waals surface area contributed by atoms with E-state index in [4.69, 9.17) is 19.7 Å². The second kappa shape index (κ2) is 9.59. The minimum Gasteiger partial charge on any atom is -0.396 e. The molecule has 0 aliphatic heterocycles. The Kier molecular flexibility index (Phi) is 6.32. The number of hydrogen-bond donors (Lipinski definition) is 3. The molecule has 0 bridgehead atoms. The Balaban J connectivity index is 1.31. The average Bonchev–Trinajstić information content (AvgIpc) is 3.42. The summed E-state index contributed by atoms with van der Waals surface area (Å²) in [6, 6.07) is 2.36. The van der Waals surface area contributed by atoms with Crippen LogP contribution in [-0.2, 0) is 4.74 Å². The van der Waals surface area contributed by atoms with E-state index in [2.05, 4.69) is 28.6 Å². The topological polar surface area (TPSA) is 105 Å². The molecule has 9 heteroatoms. The predicted octanol–water partition coefficient (Wildman–Crippen LogP) is 4.74. The Bertz CT molecular complexity index is 1210. The normalized spacial score (nSPS) is 26.1. The van der Waals surface area contributed by atoms with Crippen LogP contribution in [0, 0.1) is 18.8 Å². The lowest BCUT2D eigenvalue weighted by Gasteiger charge is -2.34. The molecule has 6 rings (SSSR count). The second-order valence-corrected chi connectivity index (χ2v) is 11.5. The number of nitrogens with zero attached hydrogens (tertiary/aromatic N) is 4. The molecule has 3 aromatic rings. The third-order valence-corrected chi connectivity index (χ3v) is 8.86. The summed E-state index contributed by atoms with van der Waals surface area (Å²) in [4.78, 5) is 19.5. The Morgan fingerprint density at radius 2 is 1.94 bits per heavy atom. The molecular formula is C26H34N6O2S. The number of aromatic nitrogens is 4. The van der Waals surface area contributed by atoms with Crippen molar-refractivity contribution in [2.45, 2.75) is 69.9 Å². The molecule has 3 heterocycles. The number of rotatable bonds is 9. The minimum atomic E-state index is 0.249. The first-order valence-electron chi connectivity index (χ1n) is 12.9. The van der Waals surface area contributed by atoms with Gasteiger partial charge in [-0.1, -0.05) is 0 Å². The van der Waals surface area contributed by atoms with E-state index < -0.39 is 0 Å². The summed E-state index contributed by atoms with van der Waals surface area (Å²) in [5.74, 6) is 3.00. The summed E-state index contributed by atoms with van der Waals surface area (Å²) in [6.45, 7) is 3.15. The van der Waals surface area contributed by atoms with E-state index in [1.807, 2.05) is 6.20 Å². The highest BCUT2D eigenvalue weighted by Crippen LogP contribution is 2.44. The molecule has 0 spiro atoms. The van der Waals surface area contributed by atoms with Gasteiger partial charge in [0.2, 0.25) is 5.95 Å². The first kappa shape index (κ1) is 23.1. The number of aliphatic hydroxyl groups excluding tert-OH is 1. The van der Waals surface area contributed by atoms with Gasteiger partial charge >= 0.3 is 0 Å². The number of aryl methyl sites for hydroxylation is 1. The lowest BCUT2D eigenvalue weighted by molar-refractivity contribution is 0.00559. The Morgan fingerprint density at radius 3 is 2.69 bits per heavy atom. The molecule has 3 aromatic heterocycles. The molecule has 2 unspecified atom stereocenters. The van der Waals surface area contributed by atoms with E-state index in [-0.39, 0.29) is 6.61 Å². The molecule has 0 amide bonds. The third-order valence-electron chi connectivity index (χ3n) is 7.82. The van der Waals surface area contributed by atoms with Gasteiger partial charge in [0, 0.05) is 38.4 Å². The number of thiazole rings is 1. The molecule has 2 atom stereocenters. The van der Waals surface area contributed by atoms with Crippen molar-refractivity contribution in [1.82, 2.24) is 19.9 Å². The third kappa shape index (κ3) is 4.73. The van der Waals surface area contributed by atoms with Gasteiger partial charge < -0.3 is 20.5 Å². The van der Waals surface area contributed by atoms with E-state index in [0.29, 0.717) is 35.8 Å². The summed E-state index contributed by atoms with van der Waals surface area (Å²) in [7, 11) is 1.79. The van der Waals surface area contributed by atoms with Crippen LogP contribution < -0.4 is 10.6 Å². The van der Waals surface area contributed by atoms with Crippen LogP contribution in [0.4, 0.5) is 11.8 Å². The van der Waals surface area contributed by atoms with Gasteiger partial charge in [0.15, 0.2) is 0 Å². The molecule has 0 saturated heterocycles. The maximum Gasteiger partial charge on any atom is 0.224 e. The molecule has 3 saturated carbocycles. The summed E-state index contributed by atoms with van der Waals surface area (Å²) in [5, 5.41) is 17.8. The van der Waals surface area contributed by atoms with Crippen LogP contribution in [0.2, 0.25) is 0 Å². The quantitative estimate of drug-likeness (QED) is 0.392. The molecule has 3 aliphatic carbocycles. The number of methoxy groups -OCH3 is 1. The molecule has 35 heavy (non-hydrogen) atoms. The smallest absolute Gasteiger partial charge is 0.224 e. The highest BCUT2D eigenvalue weighted by molar-refractivity contribution is 7.21. The van der Waals surface area contributed by atoms with Gasteiger partial charge in [0.05, 0.1) is 27.8 Å². The van der Waals surface area contributed by atoms with Gasteiger partial charge in [-0.15, -0.1) is 11.3 Å². The fraction of sp³-hybridized carbons (Fsp3) is 0.615. The van der Waals surface area contributed by atoms with Crippen LogP contribution in [0.15, 0.2) is 12.3 Å². The number of nitrogens with one attached hydrogen (secondary N) is 2.